The summed E-state index contributed by atoms with van der Waals surface area (Å²) in [6.07, 6.45) is 1.07. The molecule has 0 fully saturated rings. The molecule has 2 atom stereocenters. The number of hydrogen-bond donors (Lipinski definition) is 1. The molecule has 0 saturated heterocycles. The van der Waals surface area contributed by atoms with E-state index in [0.717, 1.165) is 5.56 Å². The summed E-state index contributed by atoms with van der Waals surface area (Å²) in [6, 6.07) is 4.36. The lowest BCUT2D eigenvalue weighted by molar-refractivity contribution is -0.158. The second kappa shape index (κ2) is 4.69. The zero-order valence-electron chi connectivity index (χ0n) is 10.6. The molecule has 0 saturated carbocycles. The normalized spacial score (nSPS) is 23.6. The predicted octanol–water partition coefficient (Wildman–Crippen LogP) is 2.16. The highest BCUT2D eigenvalue weighted by Gasteiger charge is 2.45. The van der Waals surface area contributed by atoms with Crippen LogP contribution in [0.5, 0.6) is 0 Å². The summed E-state index contributed by atoms with van der Waals surface area (Å²) >= 11 is 0. The standard InChI is InChI=1S/C14H17FO3/c1-3-18-13(16)9(2)14(17)7-6-10-4-5-11(15)8-12(10)14/h4-5,8-9,17H,3,6-7H2,1-2H3/t9-,14+/m1/s1. The van der Waals surface area contributed by atoms with Crippen molar-refractivity contribution in [2.45, 2.75) is 32.3 Å². The maximum atomic E-state index is 13.3. The first kappa shape index (κ1) is 13.0. The van der Waals surface area contributed by atoms with Gasteiger partial charge in [0.05, 0.1) is 12.5 Å². The molecule has 0 amide bonds. The summed E-state index contributed by atoms with van der Waals surface area (Å²) in [5.41, 5.74) is 0.0991. The Morgan fingerprint density at radius 1 is 1.61 bits per heavy atom. The molecule has 0 bridgehead atoms. The third kappa shape index (κ3) is 2.01. The van der Waals surface area contributed by atoms with Crippen molar-refractivity contribution in [1.82, 2.24) is 0 Å². The number of rotatable bonds is 3. The van der Waals surface area contributed by atoms with Gasteiger partial charge < -0.3 is 9.84 Å². The third-order valence-corrected chi connectivity index (χ3v) is 3.67. The number of aryl methyl sites for hydroxylation is 1. The average Bonchev–Trinajstić information content (AvgIpc) is 2.67. The van der Waals surface area contributed by atoms with E-state index >= 15 is 0 Å². The molecule has 3 nitrogen and oxygen atoms in total. The Morgan fingerprint density at radius 2 is 2.33 bits per heavy atom. The van der Waals surface area contributed by atoms with E-state index in [1.54, 1.807) is 19.9 Å². The first-order valence-corrected chi connectivity index (χ1v) is 6.17. The van der Waals surface area contributed by atoms with Crippen molar-refractivity contribution in [3.05, 3.63) is 35.1 Å². The molecule has 1 aromatic rings. The van der Waals surface area contributed by atoms with Crippen LogP contribution >= 0.6 is 0 Å². The minimum absolute atomic E-state index is 0.273. The molecule has 0 spiro atoms. The maximum Gasteiger partial charge on any atom is 0.311 e. The Labute approximate surface area is 106 Å². The Balaban J connectivity index is 2.35. The van der Waals surface area contributed by atoms with Gasteiger partial charge in [-0.15, -0.1) is 0 Å². The predicted molar refractivity (Wildman–Crippen MR) is 64.4 cm³/mol. The Bertz CT molecular complexity index is 472. The van der Waals surface area contributed by atoms with Gasteiger partial charge in [-0.1, -0.05) is 6.07 Å². The van der Waals surface area contributed by atoms with Crippen LogP contribution in [0.4, 0.5) is 4.39 Å². The molecule has 0 aliphatic heterocycles. The van der Waals surface area contributed by atoms with E-state index in [4.69, 9.17) is 4.74 Å². The van der Waals surface area contributed by atoms with E-state index in [0.29, 0.717) is 18.4 Å². The van der Waals surface area contributed by atoms with Crippen molar-refractivity contribution in [1.29, 1.82) is 0 Å². The van der Waals surface area contributed by atoms with Gasteiger partial charge in [0.15, 0.2) is 0 Å². The van der Waals surface area contributed by atoms with E-state index in [-0.39, 0.29) is 6.61 Å². The van der Waals surface area contributed by atoms with Crippen LogP contribution in [0.3, 0.4) is 0 Å². The van der Waals surface area contributed by atoms with Gasteiger partial charge in [-0.25, -0.2) is 4.39 Å². The molecule has 1 aromatic carbocycles. The van der Waals surface area contributed by atoms with Crippen LogP contribution in [0, 0.1) is 11.7 Å². The SMILES string of the molecule is CCOC(=O)[C@@H](C)[C@@]1(O)CCc2ccc(F)cc21. The van der Waals surface area contributed by atoms with Crippen LogP contribution in [-0.2, 0) is 21.6 Å². The quantitative estimate of drug-likeness (QED) is 0.838. The van der Waals surface area contributed by atoms with Crippen molar-refractivity contribution in [3.8, 4) is 0 Å². The molecule has 0 radical (unpaired) electrons. The van der Waals surface area contributed by atoms with E-state index < -0.39 is 23.3 Å². The number of esters is 1. The molecular formula is C14H17FO3. The van der Waals surface area contributed by atoms with Gasteiger partial charge in [-0.3, -0.25) is 4.79 Å². The van der Waals surface area contributed by atoms with Gasteiger partial charge >= 0.3 is 5.97 Å². The van der Waals surface area contributed by atoms with Crippen molar-refractivity contribution >= 4 is 5.97 Å². The molecule has 1 aliphatic carbocycles. The molecule has 1 N–H and O–H groups in total. The van der Waals surface area contributed by atoms with Crippen LogP contribution in [0.2, 0.25) is 0 Å². The number of fused-ring (bicyclic) bond motifs is 1. The molecule has 0 heterocycles. The number of carbonyl (C=O) groups is 1. The minimum Gasteiger partial charge on any atom is -0.466 e. The zero-order valence-corrected chi connectivity index (χ0v) is 10.6. The summed E-state index contributed by atoms with van der Waals surface area (Å²) in [6.45, 7) is 3.62. The van der Waals surface area contributed by atoms with Gasteiger partial charge in [0.25, 0.3) is 0 Å². The summed E-state index contributed by atoms with van der Waals surface area (Å²) in [4.78, 5) is 11.8. The maximum absolute atomic E-state index is 13.3. The number of halogens is 1. The highest BCUT2D eigenvalue weighted by Crippen LogP contribution is 2.42. The lowest BCUT2D eigenvalue weighted by Gasteiger charge is -2.29. The molecule has 0 unspecified atom stereocenters. The first-order valence-electron chi connectivity index (χ1n) is 6.17. The number of hydrogen-bond acceptors (Lipinski definition) is 3. The second-order valence-corrected chi connectivity index (χ2v) is 4.70. The van der Waals surface area contributed by atoms with Crippen molar-refractivity contribution < 1.29 is 19.0 Å². The van der Waals surface area contributed by atoms with Crippen LogP contribution < -0.4 is 0 Å². The van der Waals surface area contributed by atoms with Crippen molar-refractivity contribution in [3.63, 3.8) is 0 Å². The molecule has 4 heteroatoms. The number of carbonyl (C=O) groups excluding carboxylic acids is 1. The number of benzene rings is 1. The lowest BCUT2D eigenvalue weighted by atomic mass is 9.83. The fraction of sp³-hybridized carbons (Fsp3) is 0.500. The summed E-state index contributed by atoms with van der Waals surface area (Å²) < 4.78 is 18.2. The molecule has 1 aliphatic rings. The van der Waals surface area contributed by atoms with Gasteiger partial charge in [-0.2, -0.15) is 0 Å². The Kier molecular flexibility index (Phi) is 3.39. The second-order valence-electron chi connectivity index (χ2n) is 4.70. The number of aliphatic hydroxyl groups is 1. The molecule has 2 rings (SSSR count). The fourth-order valence-electron chi connectivity index (χ4n) is 2.54. The summed E-state index contributed by atoms with van der Waals surface area (Å²) in [5, 5.41) is 10.7. The van der Waals surface area contributed by atoms with Crippen LogP contribution in [0.15, 0.2) is 18.2 Å². The van der Waals surface area contributed by atoms with Gasteiger partial charge in [0.1, 0.15) is 11.4 Å². The molecule has 18 heavy (non-hydrogen) atoms. The third-order valence-electron chi connectivity index (χ3n) is 3.67. The van der Waals surface area contributed by atoms with Gasteiger partial charge in [0.2, 0.25) is 0 Å². The van der Waals surface area contributed by atoms with Crippen molar-refractivity contribution in [2.24, 2.45) is 5.92 Å². The first-order chi connectivity index (χ1) is 8.49. The molecule has 0 aromatic heterocycles. The minimum atomic E-state index is -1.32. The fourth-order valence-corrected chi connectivity index (χ4v) is 2.54. The van der Waals surface area contributed by atoms with E-state index in [1.165, 1.54) is 12.1 Å². The molecular weight excluding hydrogens is 235 g/mol. The largest absolute Gasteiger partial charge is 0.466 e. The van der Waals surface area contributed by atoms with Gasteiger partial charge in [-0.05, 0) is 49.9 Å². The summed E-state index contributed by atoms with van der Waals surface area (Å²) in [7, 11) is 0. The highest BCUT2D eigenvalue weighted by molar-refractivity contribution is 5.74. The highest BCUT2D eigenvalue weighted by atomic mass is 19.1. The van der Waals surface area contributed by atoms with E-state index in [1.807, 2.05) is 0 Å². The smallest absolute Gasteiger partial charge is 0.311 e. The Morgan fingerprint density at radius 3 is 3.00 bits per heavy atom. The van der Waals surface area contributed by atoms with Crippen LogP contribution in [0.25, 0.3) is 0 Å². The molecule has 98 valence electrons. The lowest BCUT2D eigenvalue weighted by Crippen LogP contribution is -2.37. The van der Waals surface area contributed by atoms with Crippen molar-refractivity contribution in [2.75, 3.05) is 6.61 Å². The topological polar surface area (TPSA) is 46.5 Å². The summed E-state index contributed by atoms with van der Waals surface area (Å²) in [5.74, 6) is -1.54. The van der Waals surface area contributed by atoms with E-state index in [9.17, 15) is 14.3 Å². The average molecular weight is 252 g/mol. The number of ether oxygens (including phenoxy) is 1. The van der Waals surface area contributed by atoms with Gasteiger partial charge in [0, 0.05) is 0 Å². The Hall–Kier alpha value is -1.42. The monoisotopic (exact) mass is 252 g/mol. The van der Waals surface area contributed by atoms with E-state index in [2.05, 4.69) is 0 Å². The van der Waals surface area contributed by atoms with Crippen LogP contribution in [0.1, 0.15) is 31.4 Å². The van der Waals surface area contributed by atoms with Crippen LogP contribution in [-0.4, -0.2) is 17.7 Å². The zero-order chi connectivity index (χ0) is 13.3.